The molecule has 1 atom stereocenters. The number of carbonyl (C=O) groups is 2. The maximum atomic E-state index is 12.5. The third-order valence-corrected chi connectivity index (χ3v) is 4.20. The van der Waals surface area contributed by atoms with Gasteiger partial charge >= 0.3 is 5.97 Å². The zero-order valence-corrected chi connectivity index (χ0v) is 16.2. The van der Waals surface area contributed by atoms with Crippen LogP contribution < -0.4 is 14.2 Å². The van der Waals surface area contributed by atoms with Crippen LogP contribution in [0.2, 0.25) is 0 Å². The Balaban J connectivity index is 2.19. The molecule has 27 heavy (non-hydrogen) atoms. The number of carbonyl (C=O) groups excluding carboxylic acids is 2. The normalized spacial score (nSPS) is 11.4. The van der Waals surface area contributed by atoms with E-state index in [0.29, 0.717) is 22.8 Å². The summed E-state index contributed by atoms with van der Waals surface area (Å²) in [5, 5.41) is 0. The van der Waals surface area contributed by atoms with Crippen molar-refractivity contribution in [3.05, 3.63) is 53.1 Å². The van der Waals surface area contributed by atoms with Crippen molar-refractivity contribution in [2.75, 3.05) is 21.3 Å². The first-order valence-corrected chi connectivity index (χ1v) is 8.59. The molecule has 2 aromatic carbocycles. The number of ketones is 1. The SMILES string of the molecule is CCc1ccc(C(=O)[C@@H](C)OC(=O)c2cc(OC)c(OC)c(OC)c2)cc1. The Morgan fingerprint density at radius 3 is 1.89 bits per heavy atom. The van der Waals surface area contributed by atoms with Gasteiger partial charge in [-0.15, -0.1) is 0 Å². The smallest absolute Gasteiger partial charge is 0.339 e. The van der Waals surface area contributed by atoms with E-state index >= 15 is 0 Å². The molecule has 0 N–H and O–H groups in total. The molecule has 0 saturated carbocycles. The number of benzene rings is 2. The Labute approximate surface area is 159 Å². The van der Waals surface area contributed by atoms with Crippen LogP contribution in [0, 0.1) is 0 Å². The van der Waals surface area contributed by atoms with Crippen LogP contribution in [0.15, 0.2) is 36.4 Å². The lowest BCUT2D eigenvalue weighted by molar-refractivity contribution is 0.0318. The molecule has 0 fully saturated rings. The van der Waals surface area contributed by atoms with Gasteiger partial charge in [-0.2, -0.15) is 0 Å². The van der Waals surface area contributed by atoms with Crippen LogP contribution >= 0.6 is 0 Å². The predicted molar refractivity (Wildman–Crippen MR) is 101 cm³/mol. The van der Waals surface area contributed by atoms with Crippen LogP contribution in [0.25, 0.3) is 0 Å². The van der Waals surface area contributed by atoms with Gasteiger partial charge in [0.05, 0.1) is 26.9 Å². The minimum Gasteiger partial charge on any atom is -0.493 e. The zero-order chi connectivity index (χ0) is 20.0. The molecule has 0 amide bonds. The van der Waals surface area contributed by atoms with Gasteiger partial charge in [0.15, 0.2) is 17.6 Å². The Bertz CT molecular complexity index is 785. The van der Waals surface area contributed by atoms with Crippen LogP contribution in [-0.2, 0) is 11.2 Å². The molecule has 2 aromatic rings. The van der Waals surface area contributed by atoms with Crippen LogP contribution in [0.3, 0.4) is 0 Å². The molecule has 144 valence electrons. The van der Waals surface area contributed by atoms with Crippen molar-refractivity contribution in [3.8, 4) is 17.2 Å². The first-order chi connectivity index (χ1) is 12.9. The number of Topliss-reactive ketones (excluding diaryl/α,β-unsaturated/α-hetero) is 1. The first kappa shape index (κ1) is 20.3. The van der Waals surface area contributed by atoms with Crippen molar-refractivity contribution in [2.45, 2.75) is 26.4 Å². The average molecular weight is 372 g/mol. The van der Waals surface area contributed by atoms with Gasteiger partial charge in [-0.05, 0) is 31.0 Å². The van der Waals surface area contributed by atoms with Crippen molar-refractivity contribution in [1.29, 1.82) is 0 Å². The molecule has 0 heterocycles. The molecule has 0 radical (unpaired) electrons. The number of aryl methyl sites for hydroxylation is 1. The Hall–Kier alpha value is -3.02. The Morgan fingerprint density at radius 2 is 1.44 bits per heavy atom. The lowest BCUT2D eigenvalue weighted by atomic mass is 10.0. The standard InChI is InChI=1S/C21H24O6/c1-6-14-7-9-15(10-8-14)19(22)13(2)27-21(23)16-11-17(24-3)20(26-5)18(12-16)25-4/h7-13H,6H2,1-5H3/t13-/m1/s1. The van der Waals surface area contributed by atoms with Crippen molar-refractivity contribution in [2.24, 2.45) is 0 Å². The number of esters is 1. The van der Waals surface area contributed by atoms with Crippen LogP contribution in [-0.4, -0.2) is 39.2 Å². The van der Waals surface area contributed by atoms with Crippen LogP contribution in [0.1, 0.15) is 40.1 Å². The summed E-state index contributed by atoms with van der Waals surface area (Å²) in [6, 6.07) is 10.2. The van der Waals surface area contributed by atoms with E-state index in [-0.39, 0.29) is 11.3 Å². The lowest BCUT2D eigenvalue weighted by Gasteiger charge is -2.16. The molecule has 0 aliphatic heterocycles. The Morgan fingerprint density at radius 1 is 0.889 bits per heavy atom. The highest BCUT2D eigenvalue weighted by Gasteiger charge is 2.23. The fourth-order valence-corrected chi connectivity index (χ4v) is 2.62. The number of ether oxygens (including phenoxy) is 4. The molecule has 0 saturated heterocycles. The second-order valence-electron chi connectivity index (χ2n) is 5.88. The monoisotopic (exact) mass is 372 g/mol. The molecule has 6 nitrogen and oxygen atoms in total. The van der Waals surface area contributed by atoms with E-state index in [2.05, 4.69) is 0 Å². The number of rotatable bonds is 8. The van der Waals surface area contributed by atoms with Crippen LogP contribution in [0.5, 0.6) is 17.2 Å². The summed E-state index contributed by atoms with van der Waals surface area (Å²) in [4.78, 5) is 25.0. The van der Waals surface area contributed by atoms with Gasteiger partial charge < -0.3 is 18.9 Å². The first-order valence-electron chi connectivity index (χ1n) is 8.59. The molecule has 6 heteroatoms. The number of hydrogen-bond donors (Lipinski definition) is 0. The van der Waals surface area contributed by atoms with E-state index in [0.717, 1.165) is 12.0 Å². The highest BCUT2D eigenvalue weighted by molar-refractivity contribution is 6.01. The van der Waals surface area contributed by atoms with E-state index in [9.17, 15) is 9.59 Å². The molecular weight excluding hydrogens is 348 g/mol. The molecular formula is C21H24O6. The third kappa shape index (κ3) is 4.58. The van der Waals surface area contributed by atoms with E-state index in [1.165, 1.54) is 33.5 Å². The summed E-state index contributed by atoms with van der Waals surface area (Å²) < 4.78 is 21.0. The zero-order valence-electron chi connectivity index (χ0n) is 16.2. The quantitative estimate of drug-likeness (QED) is 0.520. The van der Waals surface area contributed by atoms with E-state index in [1.807, 2.05) is 19.1 Å². The topological polar surface area (TPSA) is 71.1 Å². The fraction of sp³-hybridized carbons (Fsp3) is 0.333. The minimum atomic E-state index is -0.927. The van der Waals surface area contributed by atoms with Crippen molar-refractivity contribution in [3.63, 3.8) is 0 Å². The van der Waals surface area contributed by atoms with Gasteiger partial charge in [0.2, 0.25) is 11.5 Å². The van der Waals surface area contributed by atoms with E-state index in [4.69, 9.17) is 18.9 Å². The van der Waals surface area contributed by atoms with Gasteiger partial charge in [0, 0.05) is 5.56 Å². The third-order valence-electron chi connectivity index (χ3n) is 4.20. The van der Waals surface area contributed by atoms with Gasteiger partial charge in [0.25, 0.3) is 0 Å². The molecule has 2 rings (SSSR count). The summed E-state index contributed by atoms with van der Waals surface area (Å²) in [6.45, 7) is 3.59. The predicted octanol–water partition coefficient (Wildman–Crippen LogP) is 3.70. The second-order valence-corrected chi connectivity index (χ2v) is 5.88. The summed E-state index contributed by atoms with van der Waals surface area (Å²) in [5.41, 5.74) is 1.83. The molecule has 0 aromatic heterocycles. The minimum absolute atomic E-state index is 0.200. The lowest BCUT2D eigenvalue weighted by Crippen LogP contribution is -2.24. The summed E-state index contributed by atoms with van der Waals surface area (Å²) >= 11 is 0. The molecule has 0 aliphatic carbocycles. The second kappa shape index (κ2) is 9.07. The summed E-state index contributed by atoms with van der Waals surface area (Å²) in [6.07, 6.45) is -0.0378. The summed E-state index contributed by atoms with van der Waals surface area (Å²) in [5.74, 6) is 0.117. The van der Waals surface area contributed by atoms with Crippen molar-refractivity contribution >= 4 is 11.8 Å². The van der Waals surface area contributed by atoms with Gasteiger partial charge in [-0.3, -0.25) is 4.79 Å². The highest BCUT2D eigenvalue weighted by atomic mass is 16.5. The number of methoxy groups -OCH3 is 3. The van der Waals surface area contributed by atoms with E-state index < -0.39 is 12.1 Å². The van der Waals surface area contributed by atoms with Gasteiger partial charge in [0.1, 0.15) is 0 Å². The molecule has 0 aliphatic rings. The van der Waals surface area contributed by atoms with Crippen molar-refractivity contribution < 1.29 is 28.5 Å². The fourth-order valence-electron chi connectivity index (χ4n) is 2.62. The molecule has 0 bridgehead atoms. The molecule has 0 spiro atoms. The summed E-state index contributed by atoms with van der Waals surface area (Å²) in [7, 11) is 4.39. The maximum Gasteiger partial charge on any atom is 0.339 e. The maximum absolute atomic E-state index is 12.5. The highest BCUT2D eigenvalue weighted by Crippen LogP contribution is 2.38. The largest absolute Gasteiger partial charge is 0.493 e. The average Bonchev–Trinajstić information content (AvgIpc) is 2.71. The molecule has 0 unspecified atom stereocenters. The van der Waals surface area contributed by atoms with Gasteiger partial charge in [-0.1, -0.05) is 31.2 Å². The van der Waals surface area contributed by atoms with E-state index in [1.54, 1.807) is 19.1 Å². The number of hydrogen-bond acceptors (Lipinski definition) is 6. The van der Waals surface area contributed by atoms with Gasteiger partial charge in [-0.25, -0.2) is 4.79 Å². The van der Waals surface area contributed by atoms with Crippen molar-refractivity contribution in [1.82, 2.24) is 0 Å². The Kier molecular flexibility index (Phi) is 6.82. The van der Waals surface area contributed by atoms with Crippen LogP contribution in [0.4, 0.5) is 0 Å².